The SMILES string of the molecule is CCNC(=NCCc1ccc(C(F)(F)F)cc1)NCCNC(=O)c1scnc1C. The lowest BCUT2D eigenvalue weighted by Gasteiger charge is -2.12. The highest BCUT2D eigenvalue weighted by atomic mass is 32.1. The highest BCUT2D eigenvalue weighted by molar-refractivity contribution is 7.11. The Hall–Kier alpha value is -2.62. The Morgan fingerprint density at radius 2 is 1.83 bits per heavy atom. The molecule has 0 fully saturated rings. The molecule has 29 heavy (non-hydrogen) atoms. The molecule has 1 aromatic heterocycles. The number of aryl methyl sites for hydroxylation is 1. The molecule has 1 heterocycles. The topological polar surface area (TPSA) is 78.4 Å². The minimum Gasteiger partial charge on any atom is -0.357 e. The number of thiazole rings is 1. The van der Waals surface area contributed by atoms with Gasteiger partial charge in [0.25, 0.3) is 5.91 Å². The molecule has 0 spiro atoms. The zero-order chi connectivity index (χ0) is 21.3. The molecular weight excluding hydrogens is 403 g/mol. The summed E-state index contributed by atoms with van der Waals surface area (Å²) in [6.45, 7) is 5.71. The molecule has 1 aromatic carbocycles. The minimum atomic E-state index is -4.33. The molecule has 0 unspecified atom stereocenters. The number of alkyl halides is 3. The van der Waals surface area contributed by atoms with E-state index < -0.39 is 11.7 Å². The van der Waals surface area contributed by atoms with Crippen LogP contribution in [0.2, 0.25) is 0 Å². The second-order valence-electron chi connectivity index (χ2n) is 6.15. The third-order valence-electron chi connectivity index (χ3n) is 3.95. The van der Waals surface area contributed by atoms with Gasteiger partial charge in [0.1, 0.15) is 4.88 Å². The van der Waals surface area contributed by atoms with Gasteiger partial charge in [-0.15, -0.1) is 11.3 Å². The van der Waals surface area contributed by atoms with Gasteiger partial charge in [-0.1, -0.05) is 12.1 Å². The van der Waals surface area contributed by atoms with Crippen LogP contribution in [0.4, 0.5) is 13.2 Å². The minimum absolute atomic E-state index is 0.156. The number of hydrogen-bond donors (Lipinski definition) is 3. The zero-order valence-electron chi connectivity index (χ0n) is 16.3. The van der Waals surface area contributed by atoms with Crippen molar-refractivity contribution in [2.24, 2.45) is 4.99 Å². The normalized spacial score (nSPS) is 12.0. The maximum Gasteiger partial charge on any atom is 0.416 e. The van der Waals surface area contributed by atoms with Crippen LogP contribution in [0.3, 0.4) is 0 Å². The summed E-state index contributed by atoms with van der Waals surface area (Å²) in [6.07, 6.45) is -3.80. The van der Waals surface area contributed by atoms with Gasteiger partial charge in [0.05, 0.1) is 16.8 Å². The van der Waals surface area contributed by atoms with Gasteiger partial charge in [-0.05, 0) is 38.0 Å². The lowest BCUT2D eigenvalue weighted by Crippen LogP contribution is -2.41. The van der Waals surface area contributed by atoms with Crippen molar-refractivity contribution in [2.75, 3.05) is 26.2 Å². The van der Waals surface area contributed by atoms with Crippen molar-refractivity contribution in [3.63, 3.8) is 0 Å². The van der Waals surface area contributed by atoms with Crippen molar-refractivity contribution in [3.8, 4) is 0 Å². The molecule has 0 saturated carbocycles. The number of hydrogen-bond acceptors (Lipinski definition) is 4. The second-order valence-corrected chi connectivity index (χ2v) is 7.01. The molecule has 0 aliphatic rings. The second kappa shape index (κ2) is 10.8. The van der Waals surface area contributed by atoms with Crippen LogP contribution in [0.25, 0.3) is 0 Å². The molecular formula is C19H24F3N5OS. The van der Waals surface area contributed by atoms with Crippen LogP contribution in [0.1, 0.15) is 33.4 Å². The number of benzene rings is 1. The summed E-state index contributed by atoms with van der Waals surface area (Å²) in [5.41, 5.74) is 2.47. The number of amides is 1. The van der Waals surface area contributed by atoms with Gasteiger partial charge in [0.15, 0.2) is 5.96 Å². The van der Waals surface area contributed by atoms with Gasteiger partial charge >= 0.3 is 6.18 Å². The van der Waals surface area contributed by atoms with Crippen molar-refractivity contribution in [2.45, 2.75) is 26.4 Å². The summed E-state index contributed by atoms with van der Waals surface area (Å²) in [5.74, 6) is 0.429. The third-order valence-corrected chi connectivity index (χ3v) is 4.88. The molecule has 2 aromatic rings. The Bertz CT molecular complexity index is 818. The Kier molecular flexibility index (Phi) is 8.44. The van der Waals surface area contributed by atoms with Crippen molar-refractivity contribution in [1.29, 1.82) is 0 Å². The Balaban J connectivity index is 1.77. The molecule has 10 heteroatoms. The average Bonchev–Trinajstić information content (AvgIpc) is 3.10. The lowest BCUT2D eigenvalue weighted by molar-refractivity contribution is -0.137. The molecule has 3 N–H and O–H groups in total. The molecule has 158 valence electrons. The van der Waals surface area contributed by atoms with Crippen molar-refractivity contribution >= 4 is 23.2 Å². The first-order valence-electron chi connectivity index (χ1n) is 9.18. The summed E-state index contributed by atoms with van der Waals surface area (Å²) >= 11 is 1.30. The number of aliphatic imine (C=N–C) groups is 1. The fraction of sp³-hybridized carbons (Fsp3) is 0.421. The van der Waals surface area contributed by atoms with E-state index in [0.717, 1.165) is 17.7 Å². The van der Waals surface area contributed by atoms with E-state index in [0.29, 0.717) is 49.1 Å². The summed E-state index contributed by atoms with van der Waals surface area (Å²) in [7, 11) is 0. The van der Waals surface area contributed by atoms with Crippen LogP contribution in [0, 0.1) is 6.92 Å². The van der Waals surface area contributed by atoms with Crippen LogP contribution in [0.5, 0.6) is 0 Å². The molecule has 0 aliphatic carbocycles. The first-order valence-corrected chi connectivity index (χ1v) is 10.1. The van der Waals surface area contributed by atoms with Crippen molar-refractivity contribution in [1.82, 2.24) is 20.9 Å². The third kappa shape index (κ3) is 7.37. The van der Waals surface area contributed by atoms with Crippen molar-refractivity contribution < 1.29 is 18.0 Å². The van der Waals surface area contributed by atoms with Crippen molar-refractivity contribution in [3.05, 3.63) is 51.5 Å². The summed E-state index contributed by atoms with van der Waals surface area (Å²) in [6, 6.07) is 5.09. The molecule has 1 amide bonds. The quantitative estimate of drug-likeness (QED) is 0.344. The maximum absolute atomic E-state index is 12.6. The smallest absolute Gasteiger partial charge is 0.357 e. The summed E-state index contributed by atoms with van der Waals surface area (Å²) < 4.78 is 37.8. The van der Waals surface area contributed by atoms with Crippen LogP contribution < -0.4 is 16.0 Å². The predicted octanol–water partition coefficient (Wildman–Crippen LogP) is 3.00. The van der Waals surface area contributed by atoms with E-state index in [1.165, 1.54) is 23.5 Å². The van der Waals surface area contributed by atoms with Crippen LogP contribution >= 0.6 is 11.3 Å². The van der Waals surface area contributed by atoms with Gasteiger partial charge < -0.3 is 16.0 Å². The monoisotopic (exact) mass is 427 g/mol. The number of rotatable bonds is 8. The number of nitrogens with one attached hydrogen (secondary N) is 3. The number of aromatic nitrogens is 1. The van der Waals surface area contributed by atoms with E-state index in [1.54, 1.807) is 12.4 Å². The van der Waals surface area contributed by atoms with Gasteiger partial charge in [-0.2, -0.15) is 13.2 Å². The standard InChI is InChI=1S/C19H24F3N5OS/c1-3-23-18(26-11-10-24-17(28)16-13(2)27-12-29-16)25-9-8-14-4-6-15(7-5-14)19(20,21)22/h4-7,12H,3,8-11H2,1-2H3,(H,24,28)(H2,23,25,26). The molecule has 0 aliphatic heterocycles. The molecule has 0 atom stereocenters. The number of nitrogens with zero attached hydrogens (tertiary/aromatic N) is 2. The molecule has 0 radical (unpaired) electrons. The highest BCUT2D eigenvalue weighted by Gasteiger charge is 2.29. The van der Waals surface area contributed by atoms with E-state index in [4.69, 9.17) is 0 Å². The first kappa shape index (κ1) is 22.7. The van der Waals surface area contributed by atoms with E-state index >= 15 is 0 Å². The Labute approximate surface area is 171 Å². The number of guanidine groups is 1. The largest absolute Gasteiger partial charge is 0.416 e. The lowest BCUT2D eigenvalue weighted by atomic mass is 10.1. The molecule has 0 bridgehead atoms. The van der Waals surface area contributed by atoms with Gasteiger partial charge in [-0.25, -0.2) is 4.98 Å². The Morgan fingerprint density at radius 3 is 2.41 bits per heavy atom. The van der Waals surface area contributed by atoms with E-state index in [2.05, 4.69) is 25.9 Å². The highest BCUT2D eigenvalue weighted by Crippen LogP contribution is 2.29. The fourth-order valence-corrected chi connectivity index (χ4v) is 3.17. The maximum atomic E-state index is 12.6. The van der Waals surface area contributed by atoms with Crippen LogP contribution in [-0.2, 0) is 12.6 Å². The Morgan fingerprint density at radius 1 is 1.14 bits per heavy atom. The zero-order valence-corrected chi connectivity index (χ0v) is 17.1. The molecule has 6 nitrogen and oxygen atoms in total. The predicted molar refractivity (Wildman–Crippen MR) is 108 cm³/mol. The fourth-order valence-electron chi connectivity index (χ4n) is 2.46. The number of carbonyl (C=O) groups is 1. The van der Waals surface area contributed by atoms with Crippen LogP contribution in [-0.4, -0.2) is 43.0 Å². The number of halogens is 3. The summed E-state index contributed by atoms with van der Waals surface area (Å²) in [4.78, 5) is 21.1. The van der Waals surface area contributed by atoms with Gasteiger partial charge in [0, 0.05) is 26.2 Å². The van der Waals surface area contributed by atoms with E-state index in [-0.39, 0.29) is 5.91 Å². The van der Waals surface area contributed by atoms with Gasteiger partial charge in [-0.3, -0.25) is 9.79 Å². The van der Waals surface area contributed by atoms with E-state index in [9.17, 15) is 18.0 Å². The average molecular weight is 427 g/mol. The number of carbonyl (C=O) groups excluding carboxylic acids is 1. The molecule has 2 rings (SSSR count). The first-order chi connectivity index (χ1) is 13.8. The van der Waals surface area contributed by atoms with E-state index in [1.807, 2.05) is 6.92 Å². The summed E-state index contributed by atoms with van der Waals surface area (Å²) in [5, 5.41) is 9.02. The van der Waals surface area contributed by atoms with Crippen LogP contribution in [0.15, 0.2) is 34.8 Å². The van der Waals surface area contributed by atoms with Gasteiger partial charge in [0.2, 0.25) is 0 Å². The molecule has 0 saturated heterocycles.